The number of nitrogens with zero attached hydrogens (tertiary/aromatic N) is 2. The molecule has 0 radical (unpaired) electrons. The van der Waals surface area contributed by atoms with Gasteiger partial charge >= 0.3 is 5.97 Å². The van der Waals surface area contributed by atoms with E-state index in [1.54, 1.807) is 0 Å². The molecule has 1 N–H and O–H groups in total. The number of hydrazone groups is 1. The van der Waals surface area contributed by atoms with Crippen molar-refractivity contribution in [2.45, 2.75) is 52.0 Å². The van der Waals surface area contributed by atoms with Crippen LogP contribution in [0.2, 0.25) is 0 Å². The van der Waals surface area contributed by atoms with Crippen LogP contribution in [0.3, 0.4) is 0 Å². The van der Waals surface area contributed by atoms with Gasteiger partial charge in [-0.05, 0) is 80.2 Å². The molecule has 0 bridgehead atoms. The van der Waals surface area contributed by atoms with Crippen LogP contribution in [0.25, 0.3) is 6.08 Å². The van der Waals surface area contributed by atoms with Gasteiger partial charge in [0.1, 0.15) is 11.5 Å². The summed E-state index contributed by atoms with van der Waals surface area (Å²) >= 11 is 0. The molecule has 35 heavy (non-hydrogen) atoms. The number of rotatable bonds is 9. The highest BCUT2D eigenvalue weighted by atomic mass is 16.5. The molecule has 0 saturated heterocycles. The first kappa shape index (κ1) is 24.5. The summed E-state index contributed by atoms with van der Waals surface area (Å²) in [6, 6.07) is 15.5. The second kappa shape index (κ2) is 11.2. The maximum Gasteiger partial charge on any atom is 0.303 e. The van der Waals surface area contributed by atoms with Gasteiger partial charge in [0.05, 0.1) is 31.4 Å². The van der Waals surface area contributed by atoms with E-state index in [1.165, 1.54) is 5.01 Å². The summed E-state index contributed by atoms with van der Waals surface area (Å²) in [4.78, 5) is 24.2. The smallest absolute Gasteiger partial charge is 0.303 e. The lowest BCUT2D eigenvalue weighted by atomic mass is 9.77. The van der Waals surface area contributed by atoms with Gasteiger partial charge < -0.3 is 14.6 Å². The number of carboxylic acid groups (broad SMARTS) is 1. The monoisotopic (exact) mass is 476 g/mol. The van der Waals surface area contributed by atoms with Gasteiger partial charge in [-0.25, -0.2) is 5.01 Å². The Morgan fingerprint density at radius 3 is 2.23 bits per heavy atom. The molecule has 2 atom stereocenters. The van der Waals surface area contributed by atoms with Gasteiger partial charge in [-0.2, -0.15) is 5.10 Å². The molecule has 1 heterocycles. The zero-order valence-electron chi connectivity index (χ0n) is 20.3. The molecule has 1 aliphatic heterocycles. The Morgan fingerprint density at radius 1 is 1.00 bits per heavy atom. The van der Waals surface area contributed by atoms with E-state index in [0.29, 0.717) is 13.2 Å². The van der Waals surface area contributed by atoms with Crippen molar-refractivity contribution < 1.29 is 24.2 Å². The van der Waals surface area contributed by atoms with Crippen molar-refractivity contribution in [1.82, 2.24) is 5.01 Å². The van der Waals surface area contributed by atoms with Crippen LogP contribution >= 0.6 is 0 Å². The molecule has 1 aliphatic carbocycles. The van der Waals surface area contributed by atoms with E-state index < -0.39 is 5.97 Å². The molecule has 2 aromatic rings. The normalized spacial score (nSPS) is 20.3. The molecule has 2 unspecified atom stereocenters. The van der Waals surface area contributed by atoms with Crippen molar-refractivity contribution in [3.63, 3.8) is 0 Å². The highest BCUT2D eigenvalue weighted by Crippen LogP contribution is 2.45. The van der Waals surface area contributed by atoms with Crippen molar-refractivity contribution in [2.24, 2.45) is 11.0 Å². The van der Waals surface area contributed by atoms with Gasteiger partial charge in [-0.1, -0.05) is 24.3 Å². The number of aliphatic carboxylic acids is 1. The van der Waals surface area contributed by atoms with Gasteiger partial charge in [0.2, 0.25) is 5.91 Å². The first-order valence-electron chi connectivity index (χ1n) is 12.3. The Hall–Kier alpha value is -3.61. The van der Waals surface area contributed by atoms with Gasteiger partial charge in [0, 0.05) is 12.3 Å². The Bertz CT molecular complexity index is 1110. The Balaban J connectivity index is 1.66. The number of carboxylic acids is 1. The van der Waals surface area contributed by atoms with E-state index >= 15 is 0 Å². The van der Waals surface area contributed by atoms with Crippen molar-refractivity contribution >= 4 is 23.7 Å². The first-order chi connectivity index (χ1) is 17.0. The van der Waals surface area contributed by atoms with Gasteiger partial charge in [-0.15, -0.1) is 0 Å². The van der Waals surface area contributed by atoms with E-state index in [1.807, 2.05) is 62.4 Å². The number of carbonyl (C=O) groups is 2. The average molecular weight is 477 g/mol. The number of hydrogen-bond donors (Lipinski definition) is 1. The predicted molar refractivity (Wildman–Crippen MR) is 134 cm³/mol. The Morgan fingerprint density at radius 2 is 1.63 bits per heavy atom. The molecule has 184 valence electrons. The minimum absolute atomic E-state index is 0.0596. The van der Waals surface area contributed by atoms with Crippen LogP contribution in [0, 0.1) is 5.92 Å². The molecule has 7 heteroatoms. The number of carbonyl (C=O) groups excluding carboxylic acids is 1. The van der Waals surface area contributed by atoms with Crippen molar-refractivity contribution in [1.29, 1.82) is 0 Å². The lowest BCUT2D eigenvalue weighted by Crippen LogP contribution is -2.32. The van der Waals surface area contributed by atoms with Crippen LogP contribution in [-0.2, 0) is 9.59 Å². The molecule has 7 nitrogen and oxygen atoms in total. The second-order valence-corrected chi connectivity index (χ2v) is 8.73. The second-order valence-electron chi connectivity index (χ2n) is 8.73. The van der Waals surface area contributed by atoms with Crippen LogP contribution in [0.15, 0.2) is 59.2 Å². The molecular weight excluding hydrogens is 444 g/mol. The minimum atomic E-state index is -0.990. The summed E-state index contributed by atoms with van der Waals surface area (Å²) in [5, 5.41) is 15.4. The molecule has 0 spiro atoms. The molecule has 4 rings (SSSR count). The summed E-state index contributed by atoms with van der Waals surface area (Å²) in [5.74, 6) is 0.411. The number of ether oxygens (including phenoxy) is 2. The third kappa shape index (κ3) is 5.73. The highest BCUT2D eigenvalue weighted by molar-refractivity contribution is 6.08. The van der Waals surface area contributed by atoms with Crippen molar-refractivity contribution in [3.8, 4) is 11.5 Å². The van der Waals surface area contributed by atoms with Gasteiger partial charge in [-0.3, -0.25) is 9.59 Å². The molecule has 1 amide bonds. The van der Waals surface area contributed by atoms with Crippen LogP contribution in [0.5, 0.6) is 11.5 Å². The fourth-order valence-corrected chi connectivity index (χ4v) is 4.82. The number of fused-ring (bicyclic) bond motifs is 1. The zero-order chi connectivity index (χ0) is 24.8. The van der Waals surface area contributed by atoms with E-state index in [9.17, 15) is 9.59 Å². The number of benzene rings is 2. The average Bonchev–Trinajstić information content (AvgIpc) is 3.25. The van der Waals surface area contributed by atoms with Crippen molar-refractivity contribution in [3.05, 3.63) is 65.2 Å². The van der Waals surface area contributed by atoms with Gasteiger partial charge in [0.25, 0.3) is 0 Å². The number of amides is 1. The molecular formula is C28H32N2O5. The molecule has 1 fully saturated rings. The third-order valence-corrected chi connectivity index (χ3v) is 6.37. The highest BCUT2D eigenvalue weighted by Gasteiger charge is 2.43. The molecule has 2 aromatic carbocycles. The Kier molecular flexibility index (Phi) is 7.85. The van der Waals surface area contributed by atoms with Crippen molar-refractivity contribution in [2.75, 3.05) is 13.2 Å². The fourth-order valence-electron chi connectivity index (χ4n) is 4.82. The minimum Gasteiger partial charge on any atom is -0.494 e. The molecule has 0 aromatic heterocycles. The zero-order valence-corrected chi connectivity index (χ0v) is 20.3. The quantitative estimate of drug-likeness (QED) is 0.518. The van der Waals surface area contributed by atoms with Crippen LogP contribution in [-0.4, -0.2) is 40.9 Å². The van der Waals surface area contributed by atoms with E-state index in [-0.39, 0.29) is 30.7 Å². The number of allylic oxidation sites excluding steroid dienone is 1. The van der Waals surface area contributed by atoms with Gasteiger partial charge in [0.15, 0.2) is 0 Å². The van der Waals surface area contributed by atoms with Crippen LogP contribution in [0.1, 0.15) is 63.1 Å². The van der Waals surface area contributed by atoms with Crippen LogP contribution < -0.4 is 9.47 Å². The summed E-state index contributed by atoms with van der Waals surface area (Å²) < 4.78 is 11.1. The maximum atomic E-state index is 13.1. The summed E-state index contributed by atoms with van der Waals surface area (Å²) in [6.07, 6.45) is 4.65. The molecule has 2 aliphatic rings. The standard InChI is InChI=1S/C28H32N2O5/c1-3-34-22-12-8-19(9-13-22)18-21-6-5-7-24-27(21)29-30(25(31)16-17-26(32)33)28(24)20-10-14-23(15-11-20)35-4-2/h8-15,18,24,28H,3-7,16-17H2,1-2H3,(H,32,33). The largest absolute Gasteiger partial charge is 0.494 e. The lowest BCUT2D eigenvalue weighted by Gasteiger charge is -2.29. The summed E-state index contributed by atoms with van der Waals surface area (Å²) in [5.41, 5.74) is 4.07. The van der Waals surface area contributed by atoms with E-state index in [2.05, 4.69) is 6.08 Å². The van der Waals surface area contributed by atoms with Crippen LogP contribution in [0.4, 0.5) is 0 Å². The SMILES string of the molecule is CCOc1ccc(C=C2CCCC3C2=NN(C(=O)CCC(=O)O)C3c2ccc(OCC)cc2)cc1. The first-order valence-corrected chi connectivity index (χ1v) is 12.3. The third-order valence-electron chi connectivity index (χ3n) is 6.37. The lowest BCUT2D eigenvalue weighted by molar-refractivity contribution is -0.141. The Labute approximate surface area is 206 Å². The fraction of sp³-hybridized carbons (Fsp3) is 0.393. The van der Waals surface area contributed by atoms with E-state index in [0.717, 1.165) is 53.2 Å². The predicted octanol–water partition coefficient (Wildman–Crippen LogP) is 5.47. The topological polar surface area (TPSA) is 88.4 Å². The van der Waals surface area contributed by atoms with E-state index in [4.69, 9.17) is 19.7 Å². The molecule has 1 saturated carbocycles. The summed E-state index contributed by atoms with van der Waals surface area (Å²) in [6.45, 7) is 5.10. The maximum absolute atomic E-state index is 13.1. The summed E-state index contributed by atoms with van der Waals surface area (Å²) in [7, 11) is 0. The number of hydrogen-bond acceptors (Lipinski definition) is 5.